The van der Waals surface area contributed by atoms with Crippen molar-refractivity contribution in [1.29, 1.82) is 0 Å². The van der Waals surface area contributed by atoms with Gasteiger partial charge in [-0.05, 0) is 10.6 Å². The van der Waals surface area contributed by atoms with Crippen molar-refractivity contribution in [3.8, 4) is 0 Å². The Morgan fingerprint density at radius 3 is 3.25 bits per heavy atom. The average Bonchev–Trinajstić information content (AvgIpc) is 2.19. The second-order valence-corrected chi connectivity index (χ2v) is 0.999. The predicted molar refractivity (Wildman–Crippen MR) is 25.2 cm³/mol. The first-order valence-corrected chi connectivity index (χ1v) is 1.84. The van der Waals surface area contributed by atoms with Crippen molar-refractivity contribution in [2.24, 2.45) is 5.11 Å². The lowest BCUT2D eigenvalue weighted by atomic mass is 11.1. The van der Waals surface area contributed by atoms with E-state index in [1.807, 2.05) is 0 Å². The van der Waals surface area contributed by atoms with Crippen LogP contribution in [0.25, 0.3) is 10.4 Å². The number of rotatable bonds is 1. The molecule has 0 amide bonds. The molecule has 6 nitrogen and oxygen atoms in total. The standard InChI is InChI=1S/C2H2N6/c3-8-7-2-4-1-5-6-2/h1H,(H,4,5,6). The fraction of sp³-hybridized carbons (Fsp3) is 0. The van der Waals surface area contributed by atoms with Crippen molar-refractivity contribution < 1.29 is 0 Å². The minimum absolute atomic E-state index is 0.188. The SMILES string of the molecule is [N-]=[N+]=Nc1ncn[nH]1. The Morgan fingerprint density at radius 2 is 2.75 bits per heavy atom. The van der Waals surface area contributed by atoms with Gasteiger partial charge in [0, 0.05) is 4.91 Å². The molecule has 1 aromatic heterocycles. The average molecular weight is 110 g/mol. The zero-order chi connectivity index (χ0) is 5.82. The second-order valence-electron chi connectivity index (χ2n) is 0.999. The predicted octanol–water partition coefficient (Wildman–Crippen LogP) is 0.746. The van der Waals surface area contributed by atoms with Gasteiger partial charge in [0.15, 0.2) is 0 Å². The molecule has 0 aromatic carbocycles. The Bertz CT molecular complexity index is 192. The molecular weight excluding hydrogens is 108 g/mol. The van der Waals surface area contributed by atoms with E-state index in [0.29, 0.717) is 0 Å². The van der Waals surface area contributed by atoms with Crippen molar-refractivity contribution >= 4 is 5.95 Å². The molecular formula is C2H2N6. The molecule has 0 atom stereocenters. The Morgan fingerprint density at radius 1 is 1.88 bits per heavy atom. The zero-order valence-corrected chi connectivity index (χ0v) is 3.81. The summed E-state index contributed by atoms with van der Waals surface area (Å²) in [6.07, 6.45) is 1.27. The molecule has 6 heteroatoms. The molecule has 0 bridgehead atoms. The van der Waals surface area contributed by atoms with Gasteiger partial charge < -0.3 is 0 Å². The summed E-state index contributed by atoms with van der Waals surface area (Å²) in [5.41, 5.74) is 7.81. The monoisotopic (exact) mass is 110 g/mol. The number of nitrogens with one attached hydrogen (secondary N) is 1. The van der Waals surface area contributed by atoms with Crippen molar-refractivity contribution in [2.75, 3.05) is 0 Å². The number of aromatic nitrogens is 3. The van der Waals surface area contributed by atoms with Gasteiger partial charge in [0.2, 0.25) is 5.95 Å². The fourth-order valence-corrected chi connectivity index (χ4v) is 0.290. The molecule has 0 radical (unpaired) electrons. The van der Waals surface area contributed by atoms with E-state index in [0.717, 1.165) is 0 Å². The fourth-order valence-electron chi connectivity index (χ4n) is 0.290. The first-order chi connectivity index (χ1) is 3.93. The molecule has 0 aliphatic heterocycles. The molecule has 0 aliphatic rings. The van der Waals surface area contributed by atoms with Gasteiger partial charge >= 0.3 is 0 Å². The molecule has 0 spiro atoms. The Hall–Kier alpha value is -1.55. The molecule has 0 saturated carbocycles. The van der Waals surface area contributed by atoms with Crippen LogP contribution < -0.4 is 0 Å². The third kappa shape index (κ3) is 0.742. The molecule has 8 heavy (non-hydrogen) atoms. The summed E-state index contributed by atoms with van der Waals surface area (Å²) in [4.78, 5) is 5.99. The first-order valence-electron chi connectivity index (χ1n) is 1.84. The van der Waals surface area contributed by atoms with E-state index in [1.54, 1.807) is 0 Å². The number of H-pyrrole nitrogens is 1. The van der Waals surface area contributed by atoms with E-state index in [2.05, 4.69) is 25.2 Å². The van der Waals surface area contributed by atoms with Gasteiger partial charge in [-0.2, -0.15) is 5.10 Å². The summed E-state index contributed by atoms with van der Waals surface area (Å²) in [6.45, 7) is 0. The van der Waals surface area contributed by atoms with Gasteiger partial charge in [-0.15, -0.1) is 0 Å². The largest absolute Gasteiger partial charge is 0.258 e. The Balaban J connectivity index is 2.93. The van der Waals surface area contributed by atoms with Crippen LogP contribution in [0.5, 0.6) is 0 Å². The lowest BCUT2D eigenvalue weighted by Gasteiger charge is -1.69. The van der Waals surface area contributed by atoms with Crippen LogP contribution in [0.1, 0.15) is 0 Å². The number of hydrogen-bond donors (Lipinski definition) is 1. The van der Waals surface area contributed by atoms with E-state index in [9.17, 15) is 0 Å². The van der Waals surface area contributed by atoms with E-state index in [-0.39, 0.29) is 5.95 Å². The highest BCUT2D eigenvalue weighted by molar-refractivity contribution is 5.07. The normalized spacial score (nSPS) is 8.00. The number of azide groups is 1. The summed E-state index contributed by atoms with van der Waals surface area (Å²) >= 11 is 0. The molecule has 1 N–H and O–H groups in total. The van der Waals surface area contributed by atoms with Crippen LogP contribution >= 0.6 is 0 Å². The first kappa shape index (κ1) is 4.61. The maximum Gasteiger partial charge on any atom is 0.212 e. The third-order valence-electron chi connectivity index (χ3n) is 0.542. The minimum atomic E-state index is 0.188. The minimum Gasteiger partial charge on any atom is -0.258 e. The van der Waals surface area contributed by atoms with Crippen LogP contribution in [-0.2, 0) is 0 Å². The maximum absolute atomic E-state index is 7.81. The maximum atomic E-state index is 7.81. The molecule has 0 aliphatic carbocycles. The lowest BCUT2D eigenvalue weighted by Crippen LogP contribution is -1.61. The van der Waals surface area contributed by atoms with Crippen LogP contribution in [0.3, 0.4) is 0 Å². The molecule has 0 saturated heterocycles. The molecule has 1 rings (SSSR count). The zero-order valence-electron chi connectivity index (χ0n) is 3.81. The van der Waals surface area contributed by atoms with Crippen molar-refractivity contribution in [1.82, 2.24) is 15.2 Å². The van der Waals surface area contributed by atoms with Gasteiger partial charge in [-0.3, -0.25) is 5.10 Å². The molecule has 1 heterocycles. The van der Waals surface area contributed by atoms with Crippen LogP contribution in [0, 0.1) is 0 Å². The van der Waals surface area contributed by atoms with Crippen LogP contribution in [0.15, 0.2) is 11.4 Å². The summed E-state index contributed by atoms with van der Waals surface area (Å²) < 4.78 is 0. The second kappa shape index (κ2) is 1.94. The van der Waals surface area contributed by atoms with E-state index in [1.165, 1.54) is 6.33 Å². The summed E-state index contributed by atoms with van der Waals surface area (Å²) in [5.74, 6) is 0.188. The third-order valence-corrected chi connectivity index (χ3v) is 0.542. The van der Waals surface area contributed by atoms with Crippen molar-refractivity contribution in [3.05, 3.63) is 16.8 Å². The van der Waals surface area contributed by atoms with Gasteiger partial charge in [0.05, 0.1) is 0 Å². The van der Waals surface area contributed by atoms with Crippen molar-refractivity contribution in [2.45, 2.75) is 0 Å². The molecule has 0 fully saturated rings. The quantitative estimate of drug-likeness (QED) is 0.328. The number of nitrogens with zero attached hydrogens (tertiary/aromatic N) is 5. The van der Waals surface area contributed by atoms with Crippen molar-refractivity contribution in [3.63, 3.8) is 0 Å². The Kier molecular flexibility index (Phi) is 1.12. The number of aromatic amines is 1. The highest BCUT2D eigenvalue weighted by Crippen LogP contribution is 1.95. The summed E-state index contributed by atoms with van der Waals surface area (Å²) in [5, 5.41) is 8.91. The van der Waals surface area contributed by atoms with Crippen LogP contribution in [0.2, 0.25) is 0 Å². The topological polar surface area (TPSA) is 90.3 Å². The molecule has 0 unspecified atom stereocenters. The smallest absolute Gasteiger partial charge is 0.212 e. The highest BCUT2D eigenvalue weighted by atomic mass is 15.3. The lowest BCUT2D eigenvalue weighted by molar-refractivity contribution is 1.08. The van der Waals surface area contributed by atoms with Crippen LogP contribution in [0.4, 0.5) is 5.95 Å². The molecule has 40 valence electrons. The highest BCUT2D eigenvalue weighted by Gasteiger charge is 1.83. The van der Waals surface area contributed by atoms with E-state index < -0.39 is 0 Å². The summed E-state index contributed by atoms with van der Waals surface area (Å²) in [6, 6.07) is 0. The van der Waals surface area contributed by atoms with E-state index >= 15 is 0 Å². The van der Waals surface area contributed by atoms with Gasteiger partial charge in [0.1, 0.15) is 6.33 Å². The summed E-state index contributed by atoms with van der Waals surface area (Å²) in [7, 11) is 0. The Labute approximate surface area is 44.2 Å². The van der Waals surface area contributed by atoms with E-state index in [4.69, 9.17) is 5.53 Å². The van der Waals surface area contributed by atoms with Gasteiger partial charge in [-0.1, -0.05) is 0 Å². The number of hydrogen-bond acceptors (Lipinski definition) is 3. The van der Waals surface area contributed by atoms with Gasteiger partial charge in [0.25, 0.3) is 0 Å². The van der Waals surface area contributed by atoms with Crippen LogP contribution in [-0.4, -0.2) is 15.2 Å². The van der Waals surface area contributed by atoms with Gasteiger partial charge in [-0.25, -0.2) is 4.98 Å². The molecule has 1 aromatic rings.